The molecule has 0 radical (unpaired) electrons. The van der Waals surface area contributed by atoms with Crippen LogP contribution < -0.4 is 15.8 Å². The Balaban J connectivity index is 2.24. The second kappa shape index (κ2) is 9.47. The Morgan fingerprint density at radius 2 is 2.00 bits per heavy atom. The fourth-order valence-electron chi connectivity index (χ4n) is 3.07. The molecule has 156 valence electrons. The smallest absolute Gasteiger partial charge is 0.423 e. The molecule has 2 rings (SSSR count). The number of hydrazine groups is 1. The van der Waals surface area contributed by atoms with E-state index < -0.39 is 17.7 Å². The minimum absolute atomic E-state index is 0.0134. The Kier molecular flexibility index (Phi) is 7.54. The number of hydrogen-bond donors (Lipinski definition) is 3. The lowest BCUT2D eigenvalue weighted by molar-refractivity contribution is -0.889. The number of nitrogens with one attached hydrogen (secondary N) is 3. The second-order valence-electron chi connectivity index (χ2n) is 6.81. The Hall–Kier alpha value is -2.00. The molecular formula is C18H26ClF3N4O2+2. The molecule has 0 atom stereocenters. The fraction of sp³-hybridized carbons (Fsp3) is 0.556. The first kappa shape index (κ1) is 22.3. The van der Waals surface area contributed by atoms with Gasteiger partial charge in [0.25, 0.3) is 0 Å². The summed E-state index contributed by atoms with van der Waals surface area (Å²) in [4.78, 5) is 13.8. The van der Waals surface area contributed by atoms with Crippen LogP contribution in [0, 0.1) is 0 Å². The molecule has 1 aromatic carbocycles. The minimum atomic E-state index is -4.50. The van der Waals surface area contributed by atoms with Gasteiger partial charge in [-0.3, -0.25) is 4.58 Å². The number of anilines is 1. The Morgan fingerprint density at radius 1 is 1.36 bits per heavy atom. The zero-order chi connectivity index (χ0) is 20.9. The molecule has 28 heavy (non-hydrogen) atoms. The quantitative estimate of drug-likeness (QED) is 0.227. The number of piperidine rings is 1. The molecule has 6 nitrogen and oxygen atoms in total. The fourth-order valence-corrected chi connectivity index (χ4v) is 3.24. The number of likely N-dealkylation sites (tertiary alicyclic amines) is 1. The van der Waals surface area contributed by atoms with Crippen molar-refractivity contribution in [3.05, 3.63) is 28.8 Å². The van der Waals surface area contributed by atoms with Crippen LogP contribution in [0.2, 0.25) is 5.02 Å². The monoisotopic (exact) mass is 422 g/mol. The lowest BCUT2D eigenvalue weighted by atomic mass is 10.1. The number of rotatable bonds is 4. The predicted octanol–water partition coefficient (Wildman–Crippen LogP) is 1.56. The molecule has 1 aliphatic heterocycles. The van der Waals surface area contributed by atoms with Gasteiger partial charge in [-0.15, -0.1) is 0 Å². The first-order chi connectivity index (χ1) is 13.1. The minimum Gasteiger partial charge on any atom is -0.457 e. The molecule has 0 bridgehead atoms. The molecule has 0 aliphatic carbocycles. The number of quaternary nitrogens is 1. The number of halogens is 4. The van der Waals surface area contributed by atoms with E-state index in [4.69, 9.17) is 16.3 Å². The van der Waals surface area contributed by atoms with E-state index in [1.54, 1.807) is 18.5 Å². The van der Waals surface area contributed by atoms with Crippen molar-refractivity contribution >= 4 is 29.1 Å². The number of esters is 1. The topological polar surface area (TPSA) is 57.8 Å². The van der Waals surface area contributed by atoms with Crippen LogP contribution in [0.4, 0.5) is 18.9 Å². The Morgan fingerprint density at radius 3 is 2.57 bits per heavy atom. The molecule has 1 heterocycles. The molecule has 1 saturated heterocycles. The van der Waals surface area contributed by atoms with Gasteiger partial charge in [-0.1, -0.05) is 11.6 Å². The molecule has 1 fully saturated rings. The molecule has 0 unspecified atom stereocenters. The number of nitrogens with zero attached hydrogens (tertiary/aromatic N) is 1. The van der Waals surface area contributed by atoms with Crippen molar-refractivity contribution in [2.75, 3.05) is 39.2 Å². The predicted molar refractivity (Wildman–Crippen MR) is 101 cm³/mol. The van der Waals surface area contributed by atoms with E-state index in [1.807, 2.05) is 0 Å². The third kappa shape index (κ3) is 5.75. The van der Waals surface area contributed by atoms with Gasteiger partial charge in [-0.2, -0.15) is 18.6 Å². The van der Waals surface area contributed by atoms with Gasteiger partial charge in [0.2, 0.25) is 0 Å². The number of benzene rings is 1. The summed E-state index contributed by atoms with van der Waals surface area (Å²) in [5.74, 6) is -0.466. The number of ether oxygens (including phenoxy) is 1. The van der Waals surface area contributed by atoms with Crippen molar-refractivity contribution in [3.63, 3.8) is 0 Å². The van der Waals surface area contributed by atoms with Crippen molar-refractivity contribution in [1.82, 2.24) is 5.43 Å². The average molecular weight is 423 g/mol. The lowest BCUT2D eigenvalue weighted by Gasteiger charge is -2.26. The maximum Gasteiger partial charge on any atom is 0.423 e. The summed E-state index contributed by atoms with van der Waals surface area (Å²) in [5, 5.41) is 0.0919. The summed E-state index contributed by atoms with van der Waals surface area (Å²) in [6.07, 6.45) is -2.73. The van der Waals surface area contributed by atoms with Crippen LogP contribution in [0.3, 0.4) is 0 Å². The third-order valence-corrected chi connectivity index (χ3v) is 5.12. The highest BCUT2D eigenvalue weighted by atomic mass is 35.5. The highest BCUT2D eigenvalue weighted by Crippen LogP contribution is 2.33. The zero-order valence-corrected chi connectivity index (χ0v) is 16.9. The maximum atomic E-state index is 12.9. The molecular weight excluding hydrogens is 397 g/mol. The van der Waals surface area contributed by atoms with Crippen LogP contribution in [-0.4, -0.2) is 56.2 Å². The SMILES string of the molecule is CCOC(=O)C(NNc1cc(C(F)(F)F)ccc1Cl)=[N+](C)C1CC[NH+](C)CC1. The normalized spacial score (nSPS) is 21.0. The summed E-state index contributed by atoms with van der Waals surface area (Å²) >= 11 is 6.00. The van der Waals surface area contributed by atoms with Gasteiger partial charge in [0.05, 0.1) is 50.1 Å². The van der Waals surface area contributed by atoms with Crippen LogP contribution in [0.15, 0.2) is 18.2 Å². The molecule has 0 aromatic heterocycles. The molecule has 1 aliphatic rings. The van der Waals surface area contributed by atoms with E-state index in [0.29, 0.717) is 0 Å². The second-order valence-corrected chi connectivity index (χ2v) is 7.22. The summed E-state index contributed by atoms with van der Waals surface area (Å²) in [7, 11) is 3.88. The standard InChI is InChI=1S/C18H24ClF3N4O2/c1-4-28-17(27)16(26(3)13-7-9-25(2)10-8-13)24-23-15-11-12(18(20,21)22)5-6-14(15)19/h5-6,11,13H,4,7-10H2,1-3H3,(H,23,27)/p+2. The molecule has 0 saturated carbocycles. The van der Waals surface area contributed by atoms with Crippen LogP contribution in [0.1, 0.15) is 25.3 Å². The van der Waals surface area contributed by atoms with Gasteiger partial charge in [-0.25, -0.2) is 10.2 Å². The molecule has 3 N–H and O–H groups in total. The summed E-state index contributed by atoms with van der Waals surface area (Å²) in [6.45, 7) is 3.81. The van der Waals surface area contributed by atoms with Crippen molar-refractivity contribution in [2.24, 2.45) is 0 Å². The van der Waals surface area contributed by atoms with E-state index in [1.165, 1.54) is 4.90 Å². The van der Waals surface area contributed by atoms with Crippen LogP contribution in [0.25, 0.3) is 0 Å². The van der Waals surface area contributed by atoms with Gasteiger partial charge in [0.15, 0.2) is 0 Å². The number of carbonyl (C=O) groups is 1. The molecule has 1 aromatic rings. The molecule has 0 amide bonds. The number of amidine groups is 1. The van der Waals surface area contributed by atoms with Gasteiger partial charge < -0.3 is 9.64 Å². The molecule has 0 spiro atoms. The summed E-state index contributed by atoms with van der Waals surface area (Å²) in [5.41, 5.74) is 4.51. The number of carbonyl (C=O) groups excluding carboxylic acids is 1. The zero-order valence-electron chi connectivity index (χ0n) is 16.1. The van der Waals surface area contributed by atoms with E-state index in [9.17, 15) is 18.0 Å². The molecule has 10 heteroatoms. The summed E-state index contributed by atoms with van der Waals surface area (Å²) in [6, 6.07) is 3.06. The summed E-state index contributed by atoms with van der Waals surface area (Å²) < 4.78 is 45.7. The van der Waals surface area contributed by atoms with Crippen LogP contribution in [-0.2, 0) is 15.7 Å². The number of alkyl halides is 3. The van der Waals surface area contributed by atoms with Crippen molar-refractivity contribution in [3.8, 4) is 0 Å². The largest absolute Gasteiger partial charge is 0.457 e. The van der Waals surface area contributed by atoms with Crippen LogP contribution in [0.5, 0.6) is 0 Å². The van der Waals surface area contributed by atoms with Gasteiger partial charge >= 0.3 is 18.0 Å². The van der Waals surface area contributed by atoms with Gasteiger partial charge in [-0.05, 0) is 25.1 Å². The van der Waals surface area contributed by atoms with E-state index in [2.05, 4.69) is 17.9 Å². The Bertz CT molecular complexity index is 732. The van der Waals surface area contributed by atoms with Crippen molar-refractivity contribution < 1.29 is 32.2 Å². The first-order valence-corrected chi connectivity index (χ1v) is 9.48. The van der Waals surface area contributed by atoms with E-state index in [0.717, 1.165) is 44.1 Å². The van der Waals surface area contributed by atoms with Crippen LogP contribution >= 0.6 is 11.6 Å². The van der Waals surface area contributed by atoms with E-state index >= 15 is 0 Å². The highest BCUT2D eigenvalue weighted by Gasteiger charge is 2.33. The third-order valence-electron chi connectivity index (χ3n) is 4.79. The maximum absolute atomic E-state index is 12.9. The van der Waals surface area contributed by atoms with Crippen molar-refractivity contribution in [2.45, 2.75) is 32.0 Å². The van der Waals surface area contributed by atoms with E-state index in [-0.39, 0.29) is 29.2 Å². The first-order valence-electron chi connectivity index (χ1n) is 9.10. The highest BCUT2D eigenvalue weighted by molar-refractivity contribution is 6.34. The van der Waals surface area contributed by atoms with Crippen molar-refractivity contribution in [1.29, 1.82) is 0 Å². The van der Waals surface area contributed by atoms with Gasteiger partial charge in [0.1, 0.15) is 6.04 Å². The van der Waals surface area contributed by atoms with Gasteiger partial charge in [0, 0.05) is 12.8 Å². The lowest BCUT2D eigenvalue weighted by Crippen LogP contribution is -3.10. The average Bonchev–Trinajstić information content (AvgIpc) is 2.63. The number of hydrogen-bond acceptors (Lipinski definition) is 3. The Labute approximate surface area is 167 Å².